The number of nitrogens with zero attached hydrogens (tertiary/aromatic N) is 1. The Morgan fingerprint density at radius 1 is 1.47 bits per heavy atom. The van der Waals surface area contributed by atoms with E-state index in [2.05, 4.69) is 22.5 Å². The van der Waals surface area contributed by atoms with Crippen LogP contribution in [0.2, 0.25) is 0 Å². The monoisotopic (exact) mass is 279 g/mol. The van der Waals surface area contributed by atoms with E-state index in [0.29, 0.717) is 10.9 Å². The largest absolute Gasteiger partial charge is 0.373 e. The van der Waals surface area contributed by atoms with Gasteiger partial charge in [0.1, 0.15) is 11.5 Å². The third-order valence-corrected chi connectivity index (χ3v) is 4.71. The first-order valence-electron chi connectivity index (χ1n) is 6.82. The van der Waals surface area contributed by atoms with Crippen LogP contribution in [0.15, 0.2) is 18.2 Å². The standard InChI is InChI=1S/C14H21N3OS/c1-3-19-12-8-4-6-10(12)17-14(18)11-7-5-9-13(15-2)16-11/h5,7,9-10,12H,3-4,6,8H2,1-2H3,(H,15,16)(H,17,18). The first kappa shape index (κ1) is 14.2. The molecule has 1 aromatic heterocycles. The minimum Gasteiger partial charge on any atom is -0.373 e. The van der Waals surface area contributed by atoms with Gasteiger partial charge in [-0.15, -0.1) is 0 Å². The summed E-state index contributed by atoms with van der Waals surface area (Å²) in [6.07, 6.45) is 3.48. The van der Waals surface area contributed by atoms with Crippen LogP contribution >= 0.6 is 11.8 Å². The second-order valence-corrected chi connectivity index (χ2v) is 6.18. The first-order valence-corrected chi connectivity index (χ1v) is 7.86. The molecule has 1 aliphatic carbocycles. The van der Waals surface area contributed by atoms with E-state index in [4.69, 9.17) is 0 Å². The smallest absolute Gasteiger partial charge is 0.270 e. The fourth-order valence-corrected chi connectivity index (χ4v) is 3.65. The normalized spacial score (nSPS) is 22.2. The summed E-state index contributed by atoms with van der Waals surface area (Å²) in [5.74, 6) is 1.76. The van der Waals surface area contributed by atoms with Gasteiger partial charge in [-0.25, -0.2) is 4.98 Å². The number of carbonyl (C=O) groups is 1. The molecule has 1 aromatic rings. The molecule has 0 radical (unpaired) electrons. The number of aromatic nitrogens is 1. The van der Waals surface area contributed by atoms with Crippen LogP contribution in [0.25, 0.3) is 0 Å². The van der Waals surface area contributed by atoms with Crippen LogP contribution < -0.4 is 10.6 Å². The Morgan fingerprint density at radius 2 is 2.32 bits per heavy atom. The van der Waals surface area contributed by atoms with E-state index < -0.39 is 0 Å². The average molecular weight is 279 g/mol. The van der Waals surface area contributed by atoms with E-state index in [-0.39, 0.29) is 11.9 Å². The van der Waals surface area contributed by atoms with Gasteiger partial charge in [-0.05, 0) is 30.7 Å². The second-order valence-electron chi connectivity index (χ2n) is 4.66. The summed E-state index contributed by atoms with van der Waals surface area (Å²) in [6.45, 7) is 2.17. The molecule has 104 valence electrons. The summed E-state index contributed by atoms with van der Waals surface area (Å²) >= 11 is 1.94. The van der Waals surface area contributed by atoms with Crippen molar-refractivity contribution < 1.29 is 4.79 Å². The van der Waals surface area contributed by atoms with Gasteiger partial charge >= 0.3 is 0 Å². The van der Waals surface area contributed by atoms with Crippen LogP contribution in [0.1, 0.15) is 36.7 Å². The fraction of sp³-hybridized carbons (Fsp3) is 0.571. The number of hydrogen-bond acceptors (Lipinski definition) is 4. The summed E-state index contributed by atoms with van der Waals surface area (Å²) < 4.78 is 0. The lowest BCUT2D eigenvalue weighted by molar-refractivity contribution is 0.0934. The average Bonchev–Trinajstić information content (AvgIpc) is 2.86. The number of rotatable bonds is 5. The van der Waals surface area contributed by atoms with Crippen LogP contribution in [0.5, 0.6) is 0 Å². The zero-order valence-corrected chi connectivity index (χ0v) is 12.3. The highest BCUT2D eigenvalue weighted by Gasteiger charge is 2.28. The summed E-state index contributed by atoms with van der Waals surface area (Å²) in [4.78, 5) is 16.5. The molecule has 4 nitrogen and oxygen atoms in total. The summed E-state index contributed by atoms with van der Waals surface area (Å²) in [7, 11) is 1.80. The maximum atomic E-state index is 12.2. The molecule has 2 N–H and O–H groups in total. The minimum atomic E-state index is -0.0642. The molecule has 1 heterocycles. The zero-order chi connectivity index (χ0) is 13.7. The Balaban J connectivity index is 1.99. The van der Waals surface area contributed by atoms with E-state index in [0.717, 1.165) is 18.0 Å². The summed E-state index contributed by atoms with van der Waals surface area (Å²) in [5.41, 5.74) is 0.485. The molecule has 0 spiro atoms. The van der Waals surface area contributed by atoms with Crippen molar-refractivity contribution in [3.63, 3.8) is 0 Å². The molecule has 1 amide bonds. The number of hydrogen-bond donors (Lipinski definition) is 2. The highest BCUT2D eigenvalue weighted by molar-refractivity contribution is 7.99. The number of pyridine rings is 1. The van der Waals surface area contributed by atoms with Crippen molar-refractivity contribution in [1.82, 2.24) is 10.3 Å². The summed E-state index contributed by atoms with van der Waals surface area (Å²) in [6, 6.07) is 5.74. The molecule has 0 bridgehead atoms. The zero-order valence-electron chi connectivity index (χ0n) is 11.5. The lowest BCUT2D eigenvalue weighted by Crippen LogP contribution is -2.39. The second kappa shape index (κ2) is 6.80. The molecule has 2 atom stereocenters. The third-order valence-electron chi connectivity index (χ3n) is 3.39. The minimum absolute atomic E-state index is 0.0642. The SMILES string of the molecule is CCSC1CCCC1NC(=O)c1cccc(NC)n1. The van der Waals surface area contributed by atoms with Gasteiger partial charge in [0.05, 0.1) is 0 Å². The van der Waals surface area contributed by atoms with Crippen molar-refractivity contribution in [2.24, 2.45) is 0 Å². The van der Waals surface area contributed by atoms with Gasteiger partial charge in [-0.3, -0.25) is 4.79 Å². The Bertz CT molecular complexity index is 438. The molecule has 5 heteroatoms. The Hall–Kier alpha value is -1.23. The molecular formula is C14H21N3OS. The van der Waals surface area contributed by atoms with Crippen molar-refractivity contribution in [2.75, 3.05) is 18.1 Å². The molecule has 1 saturated carbocycles. The predicted octanol–water partition coefficient (Wildman–Crippen LogP) is 2.53. The van der Waals surface area contributed by atoms with E-state index in [1.807, 2.05) is 23.9 Å². The van der Waals surface area contributed by atoms with Crippen molar-refractivity contribution in [3.8, 4) is 0 Å². The lowest BCUT2D eigenvalue weighted by Gasteiger charge is -2.20. The molecule has 2 rings (SSSR count). The van der Waals surface area contributed by atoms with Gasteiger partial charge in [0, 0.05) is 18.3 Å². The first-order chi connectivity index (χ1) is 9.24. The van der Waals surface area contributed by atoms with Gasteiger partial charge in [0.15, 0.2) is 0 Å². The van der Waals surface area contributed by atoms with Gasteiger partial charge in [0.25, 0.3) is 5.91 Å². The third kappa shape index (κ3) is 3.62. The van der Waals surface area contributed by atoms with Gasteiger partial charge in [-0.2, -0.15) is 11.8 Å². The number of nitrogens with one attached hydrogen (secondary N) is 2. The number of anilines is 1. The molecule has 0 saturated heterocycles. The number of thioether (sulfide) groups is 1. The molecule has 0 aromatic carbocycles. The maximum Gasteiger partial charge on any atom is 0.270 e. The molecule has 1 fully saturated rings. The summed E-state index contributed by atoms with van der Waals surface area (Å²) in [5, 5.41) is 6.64. The molecular weight excluding hydrogens is 258 g/mol. The topological polar surface area (TPSA) is 54.0 Å². The van der Waals surface area contributed by atoms with Crippen LogP contribution in [-0.2, 0) is 0 Å². The van der Waals surface area contributed by atoms with Crippen molar-refractivity contribution in [1.29, 1.82) is 0 Å². The van der Waals surface area contributed by atoms with E-state index in [1.165, 1.54) is 12.8 Å². The molecule has 2 unspecified atom stereocenters. The van der Waals surface area contributed by atoms with Crippen molar-refractivity contribution in [3.05, 3.63) is 23.9 Å². The van der Waals surface area contributed by atoms with E-state index >= 15 is 0 Å². The van der Waals surface area contributed by atoms with E-state index in [9.17, 15) is 4.79 Å². The highest BCUT2D eigenvalue weighted by atomic mass is 32.2. The van der Waals surface area contributed by atoms with Crippen LogP contribution in [-0.4, -0.2) is 35.0 Å². The molecule has 0 aliphatic heterocycles. The maximum absolute atomic E-state index is 12.2. The molecule has 19 heavy (non-hydrogen) atoms. The Morgan fingerprint density at radius 3 is 3.05 bits per heavy atom. The predicted molar refractivity (Wildman–Crippen MR) is 80.8 cm³/mol. The quantitative estimate of drug-likeness (QED) is 0.869. The lowest BCUT2D eigenvalue weighted by atomic mass is 10.2. The van der Waals surface area contributed by atoms with Crippen LogP contribution in [0, 0.1) is 0 Å². The van der Waals surface area contributed by atoms with E-state index in [1.54, 1.807) is 13.1 Å². The van der Waals surface area contributed by atoms with Crippen molar-refractivity contribution >= 4 is 23.5 Å². The highest BCUT2D eigenvalue weighted by Crippen LogP contribution is 2.30. The van der Waals surface area contributed by atoms with Crippen molar-refractivity contribution in [2.45, 2.75) is 37.5 Å². The molecule has 1 aliphatic rings. The fourth-order valence-electron chi connectivity index (χ4n) is 2.45. The van der Waals surface area contributed by atoms with Crippen LogP contribution in [0.4, 0.5) is 5.82 Å². The number of carbonyl (C=O) groups excluding carboxylic acids is 1. The Labute approximate surface area is 118 Å². The Kier molecular flexibility index (Phi) is 5.07. The number of amides is 1. The van der Waals surface area contributed by atoms with Gasteiger partial charge in [0.2, 0.25) is 0 Å². The van der Waals surface area contributed by atoms with Gasteiger partial charge < -0.3 is 10.6 Å². The van der Waals surface area contributed by atoms with Gasteiger partial charge in [-0.1, -0.05) is 19.4 Å². The van der Waals surface area contributed by atoms with Crippen LogP contribution in [0.3, 0.4) is 0 Å².